The number of hydrogen-bond acceptors (Lipinski definition) is 1. The van der Waals surface area contributed by atoms with Gasteiger partial charge in [-0.2, -0.15) is 0 Å². The van der Waals surface area contributed by atoms with E-state index in [4.69, 9.17) is 0 Å². The third-order valence-corrected chi connectivity index (χ3v) is 4.30. The summed E-state index contributed by atoms with van der Waals surface area (Å²) in [7, 11) is 3.95. The largest absolute Gasteiger partial charge is 0.355 e. The van der Waals surface area contributed by atoms with Gasteiger partial charge in [-0.1, -0.05) is 36.4 Å². The Balaban J connectivity index is 0.00000242. The number of halogens is 1. The van der Waals surface area contributed by atoms with Gasteiger partial charge in [0, 0.05) is 32.6 Å². The van der Waals surface area contributed by atoms with Gasteiger partial charge in [0.25, 0.3) is 0 Å². The maximum Gasteiger partial charge on any atom is 0.193 e. The third-order valence-electron chi connectivity index (χ3n) is 4.30. The molecule has 1 fully saturated rings. The fourth-order valence-corrected chi connectivity index (χ4v) is 2.72. The zero-order valence-corrected chi connectivity index (χ0v) is 16.0. The average molecular weight is 413 g/mol. The molecule has 0 spiro atoms. The van der Waals surface area contributed by atoms with Crippen molar-refractivity contribution in [1.29, 1.82) is 0 Å². The van der Waals surface area contributed by atoms with E-state index in [-0.39, 0.29) is 24.0 Å². The van der Waals surface area contributed by atoms with Crippen molar-refractivity contribution in [2.75, 3.05) is 27.2 Å². The third kappa shape index (κ3) is 5.00. The summed E-state index contributed by atoms with van der Waals surface area (Å²) >= 11 is 0. The number of unbranched alkanes of at least 4 members (excludes halogenated alkanes) is 1. The van der Waals surface area contributed by atoms with Crippen LogP contribution in [0.1, 0.15) is 31.2 Å². The van der Waals surface area contributed by atoms with Crippen molar-refractivity contribution in [3.8, 4) is 0 Å². The molecule has 1 N–H and O–H groups in total. The van der Waals surface area contributed by atoms with Crippen molar-refractivity contribution in [2.45, 2.75) is 31.1 Å². The monoisotopic (exact) mass is 413 g/mol. The van der Waals surface area contributed by atoms with E-state index in [2.05, 4.69) is 59.2 Å². The first kappa shape index (κ1) is 19.0. The lowest BCUT2D eigenvalue weighted by atomic mass is 9.96. The van der Waals surface area contributed by atoms with Gasteiger partial charge in [-0.15, -0.1) is 30.6 Å². The first-order chi connectivity index (χ1) is 10.2. The molecule has 2 rings (SSSR count). The predicted molar refractivity (Wildman–Crippen MR) is 106 cm³/mol. The first-order valence-corrected chi connectivity index (χ1v) is 7.80. The molecule has 122 valence electrons. The number of guanidine groups is 1. The van der Waals surface area contributed by atoms with Crippen LogP contribution in [-0.4, -0.2) is 38.0 Å². The molecule has 0 bridgehead atoms. The van der Waals surface area contributed by atoms with Crippen molar-refractivity contribution in [2.24, 2.45) is 4.99 Å². The van der Waals surface area contributed by atoms with Crippen molar-refractivity contribution in [3.05, 3.63) is 48.6 Å². The van der Waals surface area contributed by atoms with E-state index >= 15 is 0 Å². The molecule has 0 saturated heterocycles. The summed E-state index contributed by atoms with van der Waals surface area (Å²) in [5.74, 6) is 0.987. The molecule has 1 saturated carbocycles. The summed E-state index contributed by atoms with van der Waals surface area (Å²) in [6, 6.07) is 10.8. The van der Waals surface area contributed by atoms with E-state index in [1.165, 1.54) is 18.4 Å². The molecule has 0 aliphatic heterocycles. The number of hydrogen-bond donors (Lipinski definition) is 1. The van der Waals surface area contributed by atoms with Gasteiger partial charge < -0.3 is 10.2 Å². The highest BCUT2D eigenvalue weighted by atomic mass is 127. The molecule has 1 aromatic rings. The van der Waals surface area contributed by atoms with Crippen LogP contribution < -0.4 is 5.32 Å². The standard InChI is InChI=1S/C18H27N3.HI/c1-4-5-9-14-21(3)17(19-2)20-15-18(12-13-18)16-10-7-6-8-11-16;/h4,6-8,10-11H,1,5,9,12-15H2,2-3H3,(H,19,20);1H. The molecule has 0 atom stereocenters. The second kappa shape index (κ2) is 9.18. The van der Waals surface area contributed by atoms with Crippen molar-refractivity contribution in [3.63, 3.8) is 0 Å². The Morgan fingerprint density at radius 2 is 2.05 bits per heavy atom. The van der Waals surface area contributed by atoms with E-state index in [0.29, 0.717) is 5.41 Å². The lowest BCUT2D eigenvalue weighted by Crippen LogP contribution is -2.42. The van der Waals surface area contributed by atoms with Gasteiger partial charge in [0.1, 0.15) is 0 Å². The van der Waals surface area contributed by atoms with E-state index in [1.54, 1.807) is 0 Å². The lowest BCUT2D eigenvalue weighted by molar-refractivity contribution is 0.464. The minimum Gasteiger partial charge on any atom is -0.355 e. The minimum absolute atomic E-state index is 0. The highest BCUT2D eigenvalue weighted by Crippen LogP contribution is 2.47. The van der Waals surface area contributed by atoms with Gasteiger partial charge in [-0.25, -0.2) is 0 Å². The van der Waals surface area contributed by atoms with Crippen LogP contribution >= 0.6 is 24.0 Å². The van der Waals surface area contributed by atoms with Gasteiger partial charge in [0.2, 0.25) is 0 Å². The molecule has 0 aromatic heterocycles. The summed E-state index contributed by atoms with van der Waals surface area (Å²) in [5, 5.41) is 3.55. The molecule has 22 heavy (non-hydrogen) atoms. The van der Waals surface area contributed by atoms with Crippen LogP contribution in [0, 0.1) is 0 Å². The highest BCUT2D eigenvalue weighted by Gasteiger charge is 2.44. The Labute approximate surface area is 151 Å². The number of nitrogens with one attached hydrogen (secondary N) is 1. The van der Waals surface area contributed by atoms with Crippen LogP contribution in [0.2, 0.25) is 0 Å². The van der Waals surface area contributed by atoms with E-state index < -0.39 is 0 Å². The van der Waals surface area contributed by atoms with Crippen LogP contribution in [0.25, 0.3) is 0 Å². The molecule has 1 aliphatic carbocycles. The molecule has 0 heterocycles. The van der Waals surface area contributed by atoms with Crippen LogP contribution in [0.15, 0.2) is 48.0 Å². The topological polar surface area (TPSA) is 27.6 Å². The van der Waals surface area contributed by atoms with Crippen molar-refractivity contribution < 1.29 is 0 Å². The second-order valence-corrected chi connectivity index (χ2v) is 5.90. The smallest absolute Gasteiger partial charge is 0.193 e. The van der Waals surface area contributed by atoms with Crippen LogP contribution in [-0.2, 0) is 5.41 Å². The predicted octanol–water partition coefficient (Wildman–Crippen LogP) is 3.81. The zero-order chi connectivity index (χ0) is 15.1. The quantitative estimate of drug-likeness (QED) is 0.242. The maximum atomic E-state index is 4.40. The van der Waals surface area contributed by atoms with Gasteiger partial charge in [-0.3, -0.25) is 4.99 Å². The van der Waals surface area contributed by atoms with E-state index in [0.717, 1.165) is 31.9 Å². The van der Waals surface area contributed by atoms with Crippen LogP contribution in [0.3, 0.4) is 0 Å². The first-order valence-electron chi connectivity index (χ1n) is 7.80. The molecule has 0 unspecified atom stereocenters. The Morgan fingerprint density at radius 1 is 1.36 bits per heavy atom. The molecular weight excluding hydrogens is 385 g/mol. The Morgan fingerprint density at radius 3 is 2.59 bits per heavy atom. The van der Waals surface area contributed by atoms with Gasteiger partial charge in [0.15, 0.2) is 5.96 Å². The summed E-state index contributed by atoms with van der Waals surface area (Å²) < 4.78 is 0. The summed E-state index contributed by atoms with van der Waals surface area (Å²) in [6.07, 6.45) is 6.67. The van der Waals surface area contributed by atoms with Gasteiger partial charge in [0.05, 0.1) is 0 Å². The summed E-state index contributed by atoms with van der Waals surface area (Å²) in [5.41, 5.74) is 1.77. The minimum atomic E-state index is 0. The Hall–Kier alpha value is -1.04. The van der Waals surface area contributed by atoms with Crippen LogP contribution in [0.4, 0.5) is 0 Å². The molecule has 0 radical (unpaired) electrons. The number of benzene rings is 1. The Kier molecular flexibility index (Phi) is 7.93. The van der Waals surface area contributed by atoms with E-state index in [1.807, 2.05) is 13.1 Å². The SMILES string of the molecule is C=CCCCN(C)C(=NC)NCC1(c2ccccc2)CC1.I. The molecule has 0 amide bonds. The summed E-state index contributed by atoms with van der Waals surface area (Å²) in [6.45, 7) is 5.74. The average Bonchev–Trinajstić information content (AvgIpc) is 3.30. The van der Waals surface area contributed by atoms with Gasteiger partial charge >= 0.3 is 0 Å². The van der Waals surface area contributed by atoms with Crippen molar-refractivity contribution in [1.82, 2.24) is 10.2 Å². The number of aliphatic imine (C=N–C) groups is 1. The second-order valence-electron chi connectivity index (χ2n) is 5.90. The molecular formula is C18H28IN3. The molecule has 1 aliphatic rings. The maximum absolute atomic E-state index is 4.40. The van der Waals surface area contributed by atoms with Gasteiger partial charge in [-0.05, 0) is 31.2 Å². The number of nitrogens with zero attached hydrogens (tertiary/aromatic N) is 2. The molecule has 3 nitrogen and oxygen atoms in total. The fourth-order valence-electron chi connectivity index (χ4n) is 2.72. The summed E-state index contributed by atoms with van der Waals surface area (Å²) in [4.78, 5) is 6.60. The molecule has 4 heteroatoms. The van der Waals surface area contributed by atoms with E-state index in [9.17, 15) is 0 Å². The van der Waals surface area contributed by atoms with Crippen LogP contribution in [0.5, 0.6) is 0 Å². The Bertz CT molecular complexity index is 480. The number of allylic oxidation sites excluding steroid dienone is 1. The normalized spacial score (nSPS) is 15.6. The highest BCUT2D eigenvalue weighted by molar-refractivity contribution is 14.0. The molecule has 1 aromatic carbocycles. The zero-order valence-electron chi connectivity index (χ0n) is 13.7. The lowest BCUT2D eigenvalue weighted by Gasteiger charge is -2.24. The number of rotatable bonds is 7. The van der Waals surface area contributed by atoms with Crippen molar-refractivity contribution >= 4 is 29.9 Å². The fraction of sp³-hybridized carbons (Fsp3) is 0.500.